The lowest BCUT2D eigenvalue weighted by Gasteiger charge is -2.13. The molecular formula is C20H20FNO3. The van der Waals surface area contributed by atoms with Crippen molar-refractivity contribution in [2.24, 2.45) is 0 Å². The van der Waals surface area contributed by atoms with Gasteiger partial charge in [0.25, 0.3) is 11.8 Å². The molecular weight excluding hydrogens is 321 g/mol. The number of unbranched alkanes of at least 4 members (excludes halogenated alkanes) is 3. The van der Waals surface area contributed by atoms with Crippen molar-refractivity contribution in [1.29, 1.82) is 0 Å². The molecule has 0 spiro atoms. The van der Waals surface area contributed by atoms with E-state index >= 15 is 0 Å². The second-order valence-corrected chi connectivity index (χ2v) is 6.02. The quantitative estimate of drug-likeness (QED) is 0.537. The van der Waals surface area contributed by atoms with E-state index in [1.54, 1.807) is 36.4 Å². The molecule has 1 heterocycles. The average Bonchev–Trinajstić information content (AvgIpc) is 2.87. The predicted octanol–water partition coefficient (Wildman–Crippen LogP) is 4.06. The molecule has 0 saturated carbocycles. The highest BCUT2D eigenvalue weighted by Crippen LogP contribution is 2.22. The van der Waals surface area contributed by atoms with E-state index < -0.39 is 0 Å². The molecule has 0 N–H and O–H groups in total. The molecule has 0 saturated heterocycles. The monoisotopic (exact) mass is 341 g/mol. The Morgan fingerprint density at radius 1 is 0.800 bits per heavy atom. The van der Waals surface area contributed by atoms with E-state index in [2.05, 4.69) is 0 Å². The van der Waals surface area contributed by atoms with Gasteiger partial charge in [0, 0.05) is 6.54 Å². The van der Waals surface area contributed by atoms with Gasteiger partial charge in [-0.2, -0.15) is 0 Å². The van der Waals surface area contributed by atoms with Crippen LogP contribution >= 0.6 is 0 Å². The number of nitrogens with zero attached hydrogens (tertiary/aromatic N) is 1. The van der Waals surface area contributed by atoms with Crippen molar-refractivity contribution in [3.8, 4) is 5.75 Å². The van der Waals surface area contributed by atoms with Gasteiger partial charge < -0.3 is 4.74 Å². The van der Waals surface area contributed by atoms with Crippen molar-refractivity contribution < 1.29 is 18.7 Å². The molecule has 0 fully saturated rings. The van der Waals surface area contributed by atoms with E-state index in [-0.39, 0.29) is 17.6 Å². The van der Waals surface area contributed by atoms with Crippen molar-refractivity contribution >= 4 is 11.8 Å². The van der Waals surface area contributed by atoms with E-state index in [0.29, 0.717) is 30.0 Å². The van der Waals surface area contributed by atoms with Crippen LogP contribution in [0.2, 0.25) is 0 Å². The lowest BCUT2D eigenvalue weighted by Crippen LogP contribution is -2.30. The summed E-state index contributed by atoms with van der Waals surface area (Å²) in [5.41, 5.74) is 1.00. The molecule has 130 valence electrons. The Labute approximate surface area is 146 Å². The summed E-state index contributed by atoms with van der Waals surface area (Å²) in [6.07, 6.45) is 3.52. The number of rotatable bonds is 8. The Kier molecular flexibility index (Phi) is 5.43. The summed E-state index contributed by atoms with van der Waals surface area (Å²) in [5, 5.41) is 0. The minimum Gasteiger partial charge on any atom is -0.494 e. The average molecular weight is 341 g/mol. The number of hydrogen-bond donors (Lipinski definition) is 0. The van der Waals surface area contributed by atoms with Gasteiger partial charge in [-0.25, -0.2) is 4.39 Å². The lowest BCUT2D eigenvalue weighted by atomic mass is 10.1. The van der Waals surface area contributed by atoms with Gasteiger partial charge in [0.15, 0.2) is 0 Å². The zero-order valence-electron chi connectivity index (χ0n) is 13.9. The van der Waals surface area contributed by atoms with Crippen molar-refractivity contribution in [2.75, 3.05) is 13.2 Å². The zero-order valence-corrected chi connectivity index (χ0v) is 13.9. The lowest BCUT2D eigenvalue weighted by molar-refractivity contribution is 0.0651. The number of fused-ring (bicyclic) bond motifs is 1. The Hall–Kier alpha value is -2.69. The molecule has 2 aromatic rings. The molecule has 1 aliphatic heterocycles. The van der Waals surface area contributed by atoms with Gasteiger partial charge in [0.05, 0.1) is 17.7 Å². The van der Waals surface area contributed by atoms with E-state index in [1.807, 2.05) is 0 Å². The van der Waals surface area contributed by atoms with E-state index in [9.17, 15) is 14.0 Å². The van der Waals surface area contributed by atoms with Gasteiger partial charge in [-0.1, -0.05) is 25.0 Å². The molecule has 0 aromatic heterocycles. The SMILES string of the molecule is O=C1c2ccccc2C(=O)N1CCCCCCOc1ccc(F)cc1. The van der Waals surface area contributed by atoms with Crippen molar-refractivity contribution in [2.45, 2.75) is 25.7 Å². The summed E-state index contributed by atoms with van der Waals surface area (Å²) in [6, 6.07) is 12.9. The topological polar surface area (TPSA) is 46.6 Å². The number of hydrogen-bond acceptors (Lipinski definition) is 3. The summed E-state index contributed by atoms with van der Waals surface area (Å²) >= 11 is 0. The maximum atomic E-state index is 12.8. The molecule has 4 nitrogen and oxygen atoms in total. The van der Waals surface area contributed by atoms with Crippen LogP contribution in [-0.2, 0) is 0 Å². The third-order valence-electron chi connectivity index (χ3n) is 4.24. The van der Waals surface area contributed by atoms with Gasteiger partial charge in [-0.3, -0.25) is 14.5 Å². The fraction of sp³-hybridized carbons (Fsp3) is 0.300. The number of imide groups is 1. The Balaban J connectivity index is 1.33. The fourth-order valence-corrected chi connectivity index (χ4v) is 2.89. The van der Waals surface area contributed by atoms with E-state index in [1.165, 1.54) is 17.0 Å². The standard InChI is InChI=1S/C20H20FNO3/c21-15-9-11-16(12-10-15)25-14-6-2-1-5-13-22-19(23)17-7-3-4-8-18(17)20(22)24/h3-4,7-12H,1-2,5-6,13-14H2. The Morgan fingerprint density at radius 3 is 2.04 bits per heavy atom. The van der Waals surface area contributed by atoms with Crippen LogP contribution in [0, 0.1) is 5.82 Å². The smallest absolute Gasteiger partial charge is 0.261 e. The number of carbonyl (C=O) groups is 2. The summed E-state index contributed by atoms with van der Waals surface area (Å²) in [4.78, 5) is 25.8. The maximum Gasteiger partial charge on any atom is 0.261 e. The first-order valence-corrected chi connectivity index (χ1v) is 8.50. The van der Waals surface area contributed by atoms with Crippen molar-refractivity contribution in [3.63, 3.8) is 0 Å². The second kappa shape index (κ2) is 7.92. The van der Waals surface area contributed by atoms with Crippen LogP contribution in [-0.4, -0.2) is 29.9 Å². The largest absolute Gasteiger partial charge is 0.494 e. The number of benzene rings is 2. The first-order valence-electron chi connectivity index (χ1n) is 8.50. The fourth-order valence-electron chi connectivity index (χ4n) is 2.89. The van der Waals surface area contributed by atoms with Crippen LogP contribution in [0.5, 0.6) is 5.75 Å². The molecule has 2 amide bonds. The molecule has 0 atom stereocenters. The summed E-state index contributed by atoms with van der Waals surface area (Å²) in [6.45, 7) is 1.02. The third-order valence-corrected chi connectivity index (χ3v) is 4.24. The van der Waals surface area contributed by atoms with E-state index in [0.717, 1.165) is 25.7 Å². The minimum absolute atomic E-state index is 0.194. The normalized spacial score (nSPS) is 13.2. The molecule has 3 rings (SSSR count). The Morgan fingerprint density at radius 2 is 1.40 bits per heavy atom. The minimum atomic E-state index is -0.277. The zero-order chi connectivity index (χ0) is 17.6. The first kappa shape index (κ1) is 17.1. The summed E-state index contributed by atoms with van der Waals surface area (Å²) in [5.74, 6) is -0.00609. The second-order valence-electron chi connectivity index (χ2n) is 6.02. The van der Waals surface area contributed by atoms with Gasteiger partial charge in [-0.15, -0.1) is 0 Å². The van der Waals surface area contributed by atoms with Crippen LogP contribution in [0.25, 0.3) is 0 Å². The molecule has 2 aromatic carbocycles. The van der Waals surface area contributed by atoms with Gasteiger partial charge in [0.1, 0.15) is 11.6 Å². The van der Waals surface area contributed by atoms with Crippen LogP contribution in [0.3, 0.4) is 0 Å². The molecule has 0 bridgehead atoms. The first-order chi connectivity index (χ1) is 12.2. The maximum absolute atomic E-state index is 12.8. The number of ether oxygens (including phenoxy) is 1. The molecule has 0 aliphatic carbocycles. The number of carbonyl (C=O) groups excluding carboxylic acids is 2. The van der Waals surface area contributed by atoms with E-state index in [4.69, 9.17) is 4.74 Å². The highest BCUT2D eigenvalue weighted by molar-refractivity contribution is 6.21. The molecule has 1 aliphatic rings. The number of amides is 2. The van der Waals surface area contributed by atoms with Crippen LogP contribution in [0.1, 0.15) is 46.4 Å². The van der Waals surface area contributed by atoms with Gasteiger partial charge >= 0.3 is 0 Å². The van der Waals surface area contributed by atoms with Crippen molar-refractivity contribution in [3.05, 3.63) is 65.5 Å². The van der Waals surface area contributed by atoms with Crippen LogP contribution in [0.4, 0.5) is 4.39 Å². The summed E-state index contributed by atoms with van der Waals surface area (Å²) in [7, 11) is 0. The van der Waals surface area contributed by atoms with Crippen LogP contribution in [0.15, 0.2) is 48.5 Å². The highest BCUT2D eigenvalue weighted by Gasteiger charge is 2.34. The van der Waals surface area contributed by atoms with Crippen molar-refractivity contribution in [1.82, 2.24) is 4.90 Å². The molecule has 0 radical (unpaired) electrons. The predicted molar refractivity (Wildman–Crippen MR) is 92.2 cm³/mol. The molecule has 0 unspecified atom stereocenters. The third kappa shape index (κ3) is 4.05. The highest BCUT2D eigenvalue weighted by atomic mass is 19.1. The molecule has 25 heavy (non-hydrogen) atoms. The van der Waals surface area contributed by atoms with Gasteiger partial charge in [0.2, 0.25) is 0 Å². The summed E-state index contributed by atoms with van der Waals surface area (Å²) < 4.78 is 18.3. The van der Waals surface area contributed by atoms with Gasteiger partial charge in [-0.05, 0) is 49.2 Å². The molecule has 5 heteroatoms. The number of halogens is 1. The Bertz CT molecular complexity index is 723. The van der Waals surface area contributed by atoms with Crippen LogP contribution < -0.4 is 4.74 Å².